The summed E-state index contributed by atoms with van der Waals surface area (Å²) in [5.74, 6) is 0. The topological polar surface area (TPSA) is 29.9 Å². The zero-order valence-electron chi connectivity index (χ0n) is 11.9. The van der Waals surface area contributed by atoms with Gasteiger partial charge in [-0.05, 0) is 44.7 Å². The molecule has 1 N–H and O–H groups in total. The fraction of sp³-hybridized carbons (Fsp3) is 0.800. The number of aryl methyl sites for hydroxylation is 1. The molecule has 1 saturated carbocycles. The number of aromatic nitrogens is 2. The molecule has 0 spiro atoms. The summed E-state index contributed by atoms with van der Waals surface area (Å²) in [4.78, 5) is 0. The van der Waals surface area contributed by atoms with E-state index in [-0.39, 0.29) is 0 Å². The Morgan fingerprint density at radius 2 is 2.11 bits per heavy atom. The summed E-state index contributed by atoms with van der Waals surface area (Å²) in [7, 11) is 0. The summed E-state index contributed by atoms with van der Waals surface area (Å²) < 4.78 is 2.20. The van der Waals surface area contributed by atoms with Crippen molar-refractivity contribution in [2.24, 2.45) is 0 Å². The van der Waals surface area contributed by atoms with Crippen LogP contribution in [-0.4, -0.2) is 22.4 Å². The SMILES string of the molecule is CC(C)NCCCCc1ccn(C2CCCC2)n1. The minimum absolute atomic E-state index is 0.603. The molecule has 102 valence electrons. The number of nitrogens with one attached hydrogen (secondary N) is 1. The van der Waals surface area contributed by atoms with Crippen LogP contribution in [0.1, 0.15) is 64.1 Å². The summed E-state index contributed by atoms with van der Waals surface area (Å²) in [6, 6.07) is 3.49. The Hall–Kier alpha value is -0.830. The summed E-state index contributed by atoms with van der Waals surface area (Å²) in [6.45, 7) is 5.52. The van der Waals surface area contributed by atoms with E-state index in [1.165, 1.54) is 44.2 Å². The minimum atomic E-state index is 0.603. The second-order valence-electron chi connectivity index (χ2n) is 5.79. The van der Waals surface area contributed by atoms with Gasteiger partial charge in [0.2, 0.25) is 0 Å². The van der Waals surface area contributed by atoms with E-state index >= 15 is 0 Å². The molecule has 0 amide bonds. The number of nitrogens with zero attached hydrogens (tertiary/aromatic N) is 2. The molecular weight excluding hydrogens is 222 g/mol. The van der Waals surface area contributed by atoms with Crippen molar-refractivity contribution >= 4 is 0 Å². The molecule has 0 radical (unpaired) electrons. The summed E-state index contributed by atoms with van der Waals surface area (Å²) >= 11 is 0. The molecule has 3 heteroatoms. The molecular formula is C15H27N3. The van der Waals surface area contributed by atoms with Gasteiger partial charge in [0.1, 0.15) is 0 Å². The predicted molar refractivity (Wildman–Crippen MR) is 75.8 cm³/mol. The highest BCUT2D eigenvalue weighted by molar-refractivity contribution is 5.00. The molecule has 2 rings (SSSR count). The number of unbranched alkanes of at least 4 members (excludes halogenated alkanes) is 1. The lowest BCUT2D eigenvalue weighted by Crippen LogP contribution is -2.23. The van der Waals surface area contributed by atoms with E-state index in [0.29, 0.717) is 12.1 Å². The highest BCUT2D eigenvalue weighted by atomic mass is 15.3. The van der Waals surface area contributed by atoms with Gasteiger partial charge >= 0.3 is 0 Å². The van der Waals surface area contributed by atoms with Gasteiger partial charge < -0.3 is 5.32 Å². The Morgan fingerprint density at radius 3 is 2.83 bits per heavy atom. The normalized spacial score (nSPS) is 16.8. The Kier molecular flexibility index (Phi) is 5.24. The number of hydrogen-bond acceptors (Lipinski definition) is 2. The maximum atomic E-state index is 4.72. The molecule has 1 aliphatic rings. The summed E-state index contributed by atoms with van der Waals surface area (Å²) in [6.07, 6.45) is 11.2. The van der Waals surface area contributed by atoms with Crippen molar-refractivity contribution in [3.63, 3.8) is 0 Å². The van der Waals surface area contributed by atoms with Crippen molar-refractivity contribution in [3.05, 3.63) is 18.0 Å². The van der Waals surface area contributed by atoms with Gasteiger partial charge in [-0.25, -0.2) is 0 Å². The average molecular weight is 249 g/mol. The fourth-order valence-corrected chi connectivity index (χ4v) is 2.70. The molecule has 3 nitrogen and oxygen atoms in total. The standard InChI is InChI=1S/C15H27N3/c1-13(2)16-11-6-5-7-14-10-12-18(17-14)15-8-3-4-9-15/h10,12-13,15-16H,3-9,11H2,1-2H3. The number of rotatable bonds is 7. The third kappa shape index (κ3) is 4.13. The van der Waals surface area contributed by atoms with Crippen molar-refractivity contribution in [1.29, 1.82) is 0 Å². The highest BCUT2D eigenvalue weighted by Gasteiger charge is 2.17. The van der Waals surface area contributed by atoms with Gasteiger partial charge in [-0.3, -0.25) is 4.68 Å². The first-order chi connectivity index (χ1) is 8.75. The molecule has 0 aliphatic heterocycles. The Morgan fingerprint density at radius 1 is 1.33 bits per heavy atom. The van der Waals surface area contributed by atoms with Crippen LogP contribution in [0.25, 0.3) is 0 Å². The van der Waals surface area contributed by atoms with Crippen molar-refractivity contribution in [2.75, 3.05) is 6.54 Å². The molecule has 1 aromatic rings. The van der Waals surface area contributed by atoms with Crippen LogP contribution in [0.5, 0.6) is 0 Å². The van der Waals surface area contributed by atoms with E-state index in [9.17, 15) is 0 Å². The lowest BCUT2D eigenvalue weighted by molar-refractivity contribution is 0.461. The van der Waals surface area contributed by atoms with Gasteiger partial charge in [-0.15, -0.1) is 0 Å². The van der Waals surface area contributed by atoms with E-state index in [2.05, 4.69) is 36.1 Å². The van der Waals surface area contributed by atoms with E-state index < -0.39 is 0 Å². The van der Waals surface area contributed by atoms with Crippen LogP contribution in [0.2, 0.25) is 0 Å². The van der Waals surface area contributed by atoms with E-state index in [4.69, 9.17) is 5.10 Å². The van der Waals surface area contributed by atoms with Crippen LogP contribution in [-0.2, 0) is 6.42 Å². The van der Waals surface area contributed by atoms with E-state index in [1.54, 1.807) is 0 Å². The first-order valence-electron chi connectivity index (χ1n) is 7.53. The zero-order valence-corrected chi connectivity index (χ0v) is 11.9. The predicted octanol–water partition coefficient (Wildman–Crippen LogP) is 3.32. The minimum Gasteiger partial charge on any atom is -0.315 e. The molecule has 1 heterocycles. The van der Waals surface area contributed by atoms with Crippen molar-refractivity contribution < 1.29 is 0 Å². The molecule has 0 atom stereocenters. The quantitative estimate of drug-likeness (QED) is 0.751. The Balaban J connectivity index is 1.67. The van der Waals surface area contributed by atoms with Gasteiger partial charge in [0.15, 0.2) is 0 Å². The Labute approximate surface area is 111 Å². The van der Waals surface area contributed by atoms with E-state index in [1.807, 2.05) is 0 Å². The van der Waals surface area contributed by atoms with Gasteiger partial charge in [-0.2, -0.15) is 5.10 Å². The smallest absolute Gasteiger partial charge is 0.0624 e. The molecule has 0 saturated heterocycles. The van der Waals surface area contributed by atoms with Crippen LogP contribution >= 0.6 is 0 Å². The van der Waals surface area contributed by atoms with Crippen molar-refractivity contribution in [2.45, 2.75) is 70.9 Å². The largest absolute Gasteiger partial charge is 0.315 e. The van der Waals surface area contributed by atoms with Crippen LogP contribution in [0, 0.1) is 0 Å². The van der Waals surface area contributed by atoms with Gasteiger partial charge in [0.05, 0.1) is 11.7 Å². The second kappa shape index (κ2) is 6.93. The van der Waals surface area contributed by atoms with Gasteiger partial charge in [0, 0.05) is 12.2 Å². The lowest BCUT2D eigenvalue weighted by atomic mass is 10.2. The van der Waals surface area contributed by atoms with Gasteiger partial charge in [-0.1, -0.05) is 26.7 Å². The average Bonchev–Trinajstić information content (AvgIpc) is 2.98. The molecule has 0 aromatic carbocycles. The van der Waals surface area contributed by atoms with E-state index in [0.717, 1.165) is 13.0 Å². The molecule has 0 unspecified atom stereocenters. The fourth-order valence-electron chi connectivity index (χ4n) is 2.70. The highest BCUT2D eigenvalue weighted by Crippen LogP contribution is 2.28. The molecule has 1 aliphatic carbocycles. The van der Waals surface area contributed by atoms with Crippen LogP contribution in [0.4, 0.5) is 0 Å². The summed E-state index contributed by atoms with van der Waals surface area (Å²) in [5.41, 5.74) is 1.27. The third-order valence-electron chi connectivity index (χ3n) is 3.77. The van der Waals surface area contributed by atoms with Crippen LogP contribution in [0.15, 0.2) is 12.3 Å². The monoisotopic (exact) mass is 249 g/mol. The lowest BCUT2D eigenvalue weighted by Gasteiger charge is -2.09. The molecule has 1 aromatic heterocycles. The first kappa shape index (κ1) is 13.6. The second-order valence-corrected chi connectivity index (χ2v) is 5.79. The molecule has 0 bridgehead atoms. The molecule has 18 heavy (non-hydrogen) atoms. The molecule has 1 fully saturated rings. The maximum absolute atomic E-state index is 4.72. The third-order valence-corrected chi connectivity index (χ3v) is 3.77. The summed E-state index contributed by atoms with van der Waals surface area (Å²) in [5, 5.41) is 8.18. The van der Waals surface area contributed by atoms with Crippen LogP contribution < -0.4 is 5.32 Å². The van der Waals surface area contributed by atoms with Crippen molar-refractivity contribution in [3.8, 4) is 0 Å². The van der Waals surface area contributed by atoms with Gasteiger partial charge in [0.25, 0.3) is 0 Å². The van der Waals surface area contributed by atoms with Crippen molar-refractivity contribution in [1.82, 2.24) is 15.1 Å². The first-order valence-corrected chi connectivity index (χ1v) is 7.53. The maximum Gasteiger partial charge on any atom is 0.0624 e. The Bertz CT molecular complexity index is 337. The number of hydrogen-bond donors (Lipinski definition) is 1. The zero-order chi connectivity index (χ0) is 12.8. The van der Waals surface area contributed by atoms with Crippen LogP contribution in [0.3, 0.4) is 0 Å².